The molecule has 0 saturated carbocycles. The minimum absolute atomic E-state index is 0.0761. The van der Waals surface area contributed by atoms with Crippen molar-refractivity contribution in [3.8, 4) is 0 Å². The molecule has 6 nitrogen and oxygen atoms in total. The van der Waals surface area contributed by atoms with Crippen LogP contribution in [0.2, 0.25) is 0 Å². The third kappa shape index (κ3) is 5.00. The summed E-state index contributed by atoms with van der Waals surface area (Å²) in [5.41, 5.74) is 0.862. The summed E-state index contributed by atoms with van der Waals surface area (Å²) in [5, 5.41) is 11.5. The Morgan fingerprint density at radius 1 is 1.38 bits per heavy atom. The zero-order valence-corrected chi connectivity index (χ0v) is 16.2. The van der Waals surface area contributed by atoms with E-state index in [0.29, 0.717) is 6.54 Å². The number of amides is 1. The topological polar surface area (TPSA) is 63.4 Å². The Balaban J connectivity index is 1.49. The lowest BCUT2D eigenvalue weighted by atomic mass is 9.96. The van der Waals surface area contributed by atoms with Gasteiger partial charge in [-0.25, -0.2) is 0 Å². The van der Waals surface area contributed by atoms with Crippen molar-refractivity contribution in [3.05, 3.63) is 46.9 Å². The van der Waals surface area contributed by atoms with Crippen LogP contribution in [-0.4, -0.2) is 35.3 Å². The number of anilines is 2. The highest BCUT2D eigenvalue weighted by Gasteiger charge is 2.28. The van der Waals surface area contributed by atoms with E-state index < -0.39 is 0 Å². The van der Waals surface area contributed by atoms with Gasteiger partial charge in [0, 0.05) is 31.0 Å². The molecule has 3 rings (SSSR count). The highest BCUT2D eigenvalue weighted by molar-refractivity contribution is 7.73. The van der Waals surface area contributed by atoms with Crippen molar-refractivity contribution >= 4 is 40.3 Å². The number of likely N-dealkylation sites (tertiary alicyclic amines) is 1. The summed E-state index contributed by atoms with van der Waals surface area (Å²) in [7, 11) is 0. The third-order valence-corrected chi connectivity index (χ3v) is 5.75. The predicted molar refractivity (Wildman–Crippen MR) is 108 cm³/mol. The normalized spacial score (nSPS) is 19.7. The molecule has 26 heavy (non-hydrogen) atoms. The molecular weight excluding hydrogens is 366 g/mol. The summed E-state index contributed by atoms with van der Waals surface area (Å²) in [6.07, 6.45) is 3.56. The number of nitrogens with one attached hydrogen (secondary N) is 3. The first kappa shape index (κ1) is 18.8. The Morgan fingerprint density at radius 2 is 2.12 bits per heavy atom. The molecule has 1 aliphatic heterocycles. The number of carbonyl (C=O) groups is 1. The second-order valence-electron chi connectivity index (χ2n) is 6.38. The van der Waals surface area contributed by atoms with Crippen LogP contribution in [0.4, 0.5) is 10.8 Å². The predicted octanol–water partition coefficient (Wildman–Crippen LogP) is 2.16. The molecule has 2 aromatic rings. The number of hydrogen-bond donors (Lipinski definition) is 3. The number of carbonyl (C=O) groups excluding carboxylic acids is 1. The third-order valence-electron chi connectivity index (χ3n) is 4.48. The number of nitrogens with zero attached hydrogens (tertiary/aromatic N) is 2. The zero-order chi connectivity index (χ0) is 18.4. The van der Waals surface area contributed by atoms with Crippen molar-refractivity contribution in [2.24, 2.45) is 5.92 Å². The molecule has 1 aliphatic rings. The van der Waals surface area contributed by atoms with Gasteiger partial charge in [0.25, 0.3) is 0 Å². The van der Waals surface area contributed by atoms with Crippen LogP contribution in [0.5, 0.6) is 0 Å². The molecule has 0 spiro atoms. The molecule has 0 bridgehead atoms. The number of para-hydroxylation sites is 1. The fraction of sp³-hybridized carbons (Fsp3) is 0.389. The first-order valence-electron chi connectivity index (χ1n) is 8.78. The van der Waals surface area contributed by atoms with Crippen LogP contribution in [0, 0.1) is 9.87 Å². The van der Waals surface area contributed by atoms with Crippen LogP contribution in [0.1, 0.15) is 12.8 Å². The number of quaternary nitrogens is 1. The molecule has 0 unspecified atom stereocenters. The molecular formula is C18H24N5OS2+. The maximum absolute atomic E-state index is 12.4. The van der Waals surface area contributed by atoms with E-state index in [2.05, 4.69) is 22.3 Å². The van der Waals surface area contributed by atoms with Crippen molar-refractivity contribution in [2.45, 2.75) is 19.5 Å². The Labute approximate surface area is 162 Å². The van der Waals surface area contributed by atoms with Gasteiger partial charge in [0.1, 0.15) is 0 Å². The van der Waals surface area contributed by atoms with Gasteiger partial charge in [-0.1, -0.05) is 35.6 Å². The van der Waals surface area contributed by atoms with Crippen molar-refractivity contribution < 1.29 is 9.69 Å². The van der Waals surface area contributed by atoms with Gasteiger partial charge in [0.2, 0.25) is 11.0 Å². The van der Waals surface area contributed by atoms with Gasteiger partial charge in [-0.3, -0.25) is 4.79 Å². The highest BCUT2D eigenvalue weighted by atomic mass is 32.1. The van der Waals surface area contributed by atoms with Gasteiger partial charge in [0.15, 0.2) is 10.6 Å². The molecule has 1 saturated heterocycles. The van der Waals surface area contributed by atoms with Crippen LogP contribution < -0.4 is 15.5 Å². The summed E-state index contributed by atoms with van der Waals surface area (Å²) in [6.45, 7) is 7.01. The Kier molecular flexibility index (Phi) is 6.54. The van der Waals surface area contributed by atoms with Crippen LogP contribution in [-0.2, 0) is 11.5 Å². The SMILES string of the molecule is C=CCNc1nn(C[NH+]2CCC(C(=O)Nc3ccccc3)CC2)c(=S)s1. The minimum atomic E-state index is 0.0761. The number of benzene rings is 1. The van der Waals surface area contributed by atoms with Gasteiger partial charge in [-0.2, -0.15) is 4.68 Å². The summed E-state index contributed by atoms with van der Waals surface area (Å²) in [4.78, 5) is 13.8. The van der Waals surface area contributed by atoms with E-state index in [1.54, 1.807) is 6.08 Å². The number of rotatable bonds is 7. The minimum Gasteiger partial charge on any atom is -0.357 e. The van der Waals surface area contributed by atoms with E-state index >= 15 is 0 Å². The number of aromatic nitrogens is 2. The van der Waals surface area contributed by atoms with Crippen molar-refractivity contribution in [1.29, 1.82) is 0 Å². The summed E-state index contributed by atoms with van der Waals surface area (Å²) in [5.74, 6) is 0.198. The van der Waals surface area contributed by atoms with E-state index in [0.717, 1.165) is 47.4 Å². The van der Waals surface area contributed by atoms with E-state index in [1.807, 2.05) is 35.0 Å². The zero-order valence-electron chi connectivity index (χ0n) is 14.6. The molecule has 1 amide bonds. The first-order chi connectivity index (χ1) is 12.7. The molecule has 8 heteroatoms. The second-order valence-corrected chi connectivity index (χ2v) is 8.00. The van der Waals surface area contributed by atoms with Gasteiger partial charge in [-0.05, 0) is 24.4 Å². The standard InChI is InChI=1S/C18H23N5OS2/c1-2-10-19-17-21-23(18(25)26-17)13-22-11-8-14(9-12-22)16(24)20-15-6-4-3-5-7-15/h2-7,14H,1,8-13H2,(H,19,21)(H,20,24)/p+1. The molecule has 3 N–H and O–H groups in total. The summed E-state index contributed by atoms with van der Waals surface area (Å²) >= 11 is 6.89. The van der Waals surface area contributed by atoms with Crippen LogP contribution in [0.3, 0.4) is 0 Å². The van der Waals surface area contributed by atoms with E-state index in [9.17, 15) is 4.79 Å². The van der Waals surface area contributed by atoms with Gasteiger partial charge >= 0.3 is 0 Å². The Morgan fingerprint density at radius 3 is 2.81 bits per heavy atom. The molecule has 0 atom stereocenters. The number of piperidine rings is 1. The van der Waals surface area contributed by atoms with E-state index in [4.69, 9.17) is 12.2 Å². The Bertz CT molecular complexity index is 793. The van der Waals surface area contributed by atoms with Crippen LogP contribution in [0.25, 0.3) is 0 Å². The molecule has 0 radical (unpaired) electrons. The van der Waals surface area contributed by atoms with Gasteiger partial charge in [-0.15, -0.1) is 11.7 Å². The lowest BCUT2D eigenvalue weighted by Crippen LogP contribution is -3.12. The van der Waals surface area contributed by atoms with Crippen LogP contribution >= 0.6 is 23.6 Å². The Hall–Kier alpha value is -2.03. The quantitative estimate of drug-likeness (QED) is 0.501. The van der Waals surface area contributed by atoms with Crippen molar-refractivity contribution in [3.63, 3.8) is 0 Å². The fourth-order valence-electron chi connectivity index (χ4n) is 3.06. The molecule has 0 aliphatic carbocycles. The van der Waals surface area contributed by atoms with Crippen LogP contribution in [0.15, 0.2) is 43.0 Å². The summed E-state index contributed by atoms with van der Waals surface area (Å²) in [6, 6.07) is 9.63. The second kappa shape index (κ2) is 9.07. The number of hydrogen-bond acceptors (Lipinski definition) is 5. The maximum Gasteiger partial charge on any atom is 0.227 e. The van der Waals surface area contributed by atoms with Crippen molar-refractivity contribution in [1.82, 2.24) is 9.78 Å². The monoisotopic (exact) mass is 390 g/mol. The smallest absolute Gasteiger partial charge is 0.227 e. The fourth-order valence-corrected chi connectivity index (χ4v) is 4.07. The average molecular weight is 391 g/mol. The molecule has 1 aromatic heterocycles. The highest BCUT2D eigenvalue weighted by Crippen LogP contribution is 2.15. The van der Waals surface area contributed by atoms with E-state index in [1.165, 1.54) is 16.2 Å². The average Bonchev–Trinajstić information content (AvgIpc) is 3.01. The lowest BCUT2D eigenvalue weighted by molar-refractivity contribution is -0.928. The molecule has 138 valence electrons. The first-order valence-corrected chi connectivity index (χ1v) is 10.0. The van der Waals surface area contributed by atoms with Crippen molar-refractivity contribution in [2.75, 3.05) is 30.3 Å². The van der Waals surface area contributed by atoms with Gasteiger partial charge in [0.05, 0.1) is 13.1 Å². The molecule has 1 fully saturated rings. The largest absolute Gasteiger partial charge is 0.357 e. The lowest BCUT2D eigenvalue weighted by Gasteiger charge is -2.28. The molecule has 1 aromatic carbocycles. The van der Waals surface area contributed by atoms with E-state index in [-0.39, 0.29) is 11.8 Å². The van der Waals surface area contributed by atoms with Gasteiger partial charge < -0.3 is 15.5 Å². The molecule has 2 heterocycles. The summed E-state index contributed by atoms with van der Waals surface area (Å²) < 4.78 is 2.65. The maximum atomic E-state index is 12.4.